The van der Waals surface area contributed by atoms with E-state index in [1.807, 2.05) is 54.4 Å². The highest BCUT2D eigenvalue weighted by molar-refractivity contribution is 6.30. The highest BCUT2D eigenvalue weighted by Gasteiger charge is 2.28. The van der Waals surface area contributed by atoms with Crippen LogP contribution < -0.4 is 4.90 Å². The Morgan fingerprint density at radius 1 is 1.14 bits per heavy atom. The number of hydrogen-bond acceptors (Lipinski definition) is 5. The standard InChI is InChI=1S/C21H22ClN7/c1-13-5-15(16-7-25-26-8-16)11-28(10-13)21-24-6-14(2)20(27-21)18-9-23-19-4-3-17(22)12-29(18)19/h3-4,6-9,12-13,15H,5,10-11H2,1-2H3,(H,25,26)/t13-,15+/m1/s1. The van der Waals surface area contributed by atoms with Gasteiger partial charge in [0, 0.05) is 37.6 Å². The van der Waals surface area contributed by atoms with E-state index in [0.29, 0.717) is 16.9 Å². The molecule has 0 amide bonds. The number of H-pyrrole nitrogens is 1. The van der Waals surface area contributed by atoms with E-state index >= 15 is 0 Å². The van der Waals surface area contributed by atoms with Crippen molar-refractivity contribution in [3.05, 3.63) is 59.3 Å². The first kappa shape index (κ1) is 18.1. The predicted octanol–water partition coefficient (Wildman–Crippen LogP) is 4.11. The van der Waals surface area contributed by atoms with Crippen LogP contribution >= 0.6 is 11.6 Å². The van der Waals surface area contributed by atoms with Gasteiger partial charge >= 0.3 is 0 Å². The highest BCUT2D eigenvalue weighted by Crippen LogP contribution is 2.32. The highest BCUT2D eigenvalue weighted by atomic mass is 35.5. The minimum atomic E-state index is 0.417. The number of fused-ring (bicyclic) bond motifs is 1. The molecule has 0 unspecified atom stereocenters. The van der Waals surface area contributed by atoms with Crippen LogP contribution in [-0.4, -0.2) is 42.6 Å². The van der Waals surface area contributed by atoms with Crippen LogP contribution in [0.25, 0.3) is 17.0 Å². The molecular formula is C21H22ClN7. The van der Waals surface area contributed by atoms with E-state index in [4.69, 9.17) is 16.6 Å². The van der Waals surface area contributed by atoms with Gasteiger partial charge in [0.25, 0.3) is 0 Å². The molecule has 1 saturated heterocycles. The Balaban J connectivity index is 1.53. The minimum Gasteiger partial charge on any atom is -0.340 e. The SMILES string of the molecule is Cc1cnc(N2C[C@H](C)C[C@H](c3cn[nH]c3)C2)nc1-c1cnc2ccc(Cl)cn12. The summed E-state index contributed by atoms with van der Waals surface area (Å²) in [6, 6.07) is 3.75. The van der Waals surface area contributed by atoms with Crippen LogP contribution in [-0.2, 0) is 0 Å². The van der Waals surface area contributed by atoms with Crippen molar-refractivity contribution in [1.82, 2.24) is 29.5 Å². The maximum absolute atomic E-state index is 6.21. The van der Waals surface area contributed by atoms with Crippen LogP contribution in [0.4, 0.5) is 5.95 Å². The van der Waals surface area contributed by atoms with E-state index in [1.54, 1.807) is 0 Å². The maximum atomic E-state index is 6.21. The second-order valence-corrected chi connectivity index (χ2v) is 8.33. The first-order chi connectivity index (χ1) is 14.1. The fourth-order valence-corrected chi connectivity index (χ4v) is 4.38. The smallest absolute Gasteiger partial charge is 0.225 e. The minimum absolute atomic E-state index is 0.417. The van der Waals surface area contributed by atoms with Crippen LogP contribution in [0.15, 0.2) is 43.1 Å². The molecule has 0 radical (unpaired) electrons. The fourth-order valence-electron chi connectivity index (χ4n) is 4.21. The third kappa shape index (κ3) is 3.35. The number of hydrogen-bond donors (Lipinski definition) is 1. The summed E-state index contributed by atoms with van der Waals surface area (Å²) in [4.78, 5) is 16.4. The molecule has 148 valence electrons. The summed E-state index contributed by atoms with van der Waals surface area (Å²) >= 11 is 6.21. The molecule has 0 bridgehead atoms. The van der Waals surface area contributed by atoms with Crippen LogP contribution in [0.1, 0.15) is 30.4 Å². The van der Waals surface area contributed by atoms with E-state index in [-0.39, 0.29) is 0 Å². The number of anilines is 1. The average Bonchev–Trinajstić information content (AvgIpc) is 3.38. The second-order valence-electron chi connectivity index (χ2n) is 7.89. The van der Waals surface area contributed by atoms with Crippen molar-refractivity contribution in [2.24, 2.45) is 5.92 Å². The summed E-state index contributed by atoms with van der Waals surface area (Å²) in [7, 11) is 0. The van der Waals surface area contributed by atoms with Gasteiger partial charge < -0.3 is 4.90 Å². The van der Waals surface area contributed by atoms with Crippen LogP contribution in [0.2, 0.25) is 5.02 Å². The van der Waals surface area contributed by atoms with Gasteiger partial charge in [-0.15, -0.1) is 0 Å². The largest absolute Gasteiger partial charge is 0.340 e. The molecule has 4 aromatic heterocycles. The number of aromatic amines is 1. The van der Waals surface area contributed by atoms with E-state index in [9.17, 15) is 0 Å². The number of nitrogens with one attached hydrogen (secondary N) is 1. The molecule has 0 spiro atoms. The molecule has 7 nitrogen and oxygen atoms in total. The van der Waals surface area contributed by atoms with E-state index in [1.165, 1.54) is 5.56 Å². The van der Waals surface area contributed by atoms with E-state index in [2.05, 4.69) is 32.0 Å². The van der Waals surface area contributed by atoms with Gasteiger partial charge in [-0.2, -0.15) is 5.10 Å². The third-order valence-corrected chi connectivity index (χ3v) is 5.83. The predicted molar refractivity (Wildman–Crippen MR) is 113 cm³/mol. The number of piperidine rings is 1. The normalized spacial score (nSPS) is 19.8. The first-order valence-electron chi connectivity index (χ1n) is 9.78. The molecule has 8 heteroatoms. The molecule has 0 aromatic carbocycles. The average molecular weight is 408 g/mol. The zero-order valence-electron chi connectivity index (χ0n) is 16.4. The van der Waals surface area contributed by atoms with Crippen molar-refractivity contribution >= 4 is 23.2 Å². The van der Waals surface area contributed by atoms with Gasteiger partial charge in [-0.3, -0.25) is 9.50 Å². The number of halogens is 1. The molecule has 4 aromatic rings. The van der Waals surface area contributed by atoms with Crippen LogP contribution in [0.3, 0.4) is 0 Å². The van der Waals surface area contributed by atoms with E-state index in [0.717, 1.165) is 48.1 Å². The number of nitrogens with zero attached hydrogens (tertiary/aromatic N) is 6. The topological polar surface area (TPSA) is 75.0 Å². The molecule has 5 heterocycles. The zero-order chi connectivity index (χ0) is 20.0. The van der Waals surface area contributed by atoms with Gasteiger partial charge in [-0.05, 0) is 42.5 Å². The Labute approximate surface area is 173 Å². The Morgan fingerprint density at radius 3 is 2.86 bits per heavy atom. The number of rotatable bonds is 3. The Bertz CT molecular complexity index is 1150. The number of imidazole rings is 1. The summed E-state index contributed by atoms with van der Waals surface area (Å²) in [5, 5.41) is 7.72. The Morgan fingerprint density at radius 2 is 2.03 bits per heavy atom. The molecule has 1 N–H and O–H groups in total. The lowest BCUT2D eigenvalue weighted by molar-refractivity contribution is 0.398. The van der Waals surface area contributed by atoms with Crippen molar-refractivity contribution in [3.8, 4) is 11.4 Å². The van der Waals surface area contributed by atoms with Gasteiger partial charge in [0.15, 0.2) is 0 Å². The van der Waals surface area contributed by atoms with Crippen molar-refractivity contribution < 1.29 is 0 Å². The van der Waals surface area contributed by atoms with Crippen molar-refractivity contribution in [1.29, 1.82) is 0 Å². The van der Waals surface area contributed by atoms with Crippen LogP contribution in [0.5, 0.6) is 0 Å². The summed E-state index contributed by atoms with van der Waals surface area (Å²) in [6.45, 7) is 6.12. The molecule has 1 aliphatic rings. The zero-order valence-corrected chi connectivity index (χ0v) is 17.1. The van der Waals surface area contributed by atoms with Gasteiger partial charge in [-0.1, -0.05) is 18.5 Å². The van der Waals surface area contributed by atoms with Gasteiger partial charge in [-0.25, -0.2) is 15.0 Å². The molecule has 0 saturated carbocycles. The van der Waals surface area contributed by atoms with Gasteiger partial charge in [0.1, 0.15) is 5.65 Å². The molecule has 29 heavy (non-hydrogen) atoms. The Kier molecular flexibility index (Phi) is 4.47. The van der Waals surface area contributed by atoms with Gasteiger partial charge in [0.05, 0.1) is 28.8 Å². The number of pyridine rings is 1. The quantitative estimate of drug-likeness (QED) is 0.553. The lowest BCUT2D eigenvalue weighted by atomic mass is 9.87. The number of aromatic nitrogens is 6. The number of aryl methyl sites for hydroxylation is 1. The van der Waals surface area contributed by atoms with Gasteiger partial charge in [0.2, 0.25) is 5.95 Å². The van der Waals surface area contributed by atoms with Crippen molar-refractivity contribution in [2.45, 2.75) is 26.2 Å². The molecule has 1 aliphatic heterocycles. The van der Waals surface area contributed by atoms with Crippen LogP contribution in [0, 0.1) is 12.8 Å². The summed E-state index contributed by atoms with van der Waals surface area (Å²) < 4.78 is 1.98. The van der Waals surface area contributed by atoms with Crippen molar-refractivity contribution in [3.63, 3.8) is 0 Å². The molecule has 0 aliphatic carbocycles. The summed E-state index contributed by atoms with van der Waals surface area (Å²) in [5.74, 6) is 1.72. The molecule has 1 fully saturated rings. The Hall–Kier alpha value is -2.93. The maximum Gasteiger partial charge on any atom is 0.225 e. The first-order valence-corrected chi connectivity index (χ1v) is 10.2. The molecule has 5 rings (SSSR count). The summed E-state index contributed by atoms with van der Waals surface area (Å²) in [6.07, 6.45) is 10.7. The second kappa shape index (κ2) is 7.15. The summed E-state index contributed by atoms with van der Waals surface area (Å²) in [5.41, 5.74) is 4.89. The third-order valence-electron chi connectivity index (χ3n) is 5.60. The lowest BCUT2D eigenvalue weighted by Crippen LogP contribution is -2.39. The molecular weight excluding hydrogens is 386 g/mol. The fraction of sp³-hybridized carbons (Fsp3) is 0.333. The van der Waals surface area contributed by atoms with Crippen molar-refractivity contribution in [2.75, 3.05) is 18.0 Å². The van der Waals surface area contributed by atoms with E-state index < -0.39 is 0 Å². The molecule has 2 atom stereocenters. The monoisotopic (exact) mass is 407 g/mol. The lowest BCUT2D eigenvalue weighted by Gasteiger charge is -2.36.